The normalized spacial score (nSPS) is 14.9. The molecule has 0 aliphatic heterocycles. The van der Waals surface area contributed by atoms with Gasteiger partial charge in [0.2, 0.25) is 0 Å². The number of aromatic nitrogens is 2. The molecule has 0 amide bonds. The molecule has 1 aromatic heterocycles. The number of aryl methyl sites for hydroxylation is 1. The summed E-state index contributed by atoms with van der Waals surface area (Å²) in [6.07, 6.45) is 2.21. The number of imidazole rings is 1. The first-order valence-electron chi connectivity index (χ1n) is 6.49. The molecule has 0 aliphatic carbocycles. The first-order valence-corrected chi connectivity index (χ1v) is 6.49. The Kier molecular flexibility index (Phi) is 3.99. The van der Waals surface area contributed by atoms with E-state index in [1.807, 2.05) is 29.8 Å². The minimum Gasteiger partial charge on any atom is -0.387 e. The Labute approximate surface area is 108 Å². The van der Waals surface area contributed by atoms with E-state index in [1.165, 1.54) is 0 Å². The van der Waals surface area contributed by atoms with Crippen molar-refractivity contribution in [2.24, 2.45) is 7.05 Å². The number of nitrogens with one attached hydrogen (secondary N) is 1. The first-order chi connectivity index (χ1) is 8.67. The number of hydrogen-bond donors (Lipinski definition) is 2. The van der Waals surface area contributed by atoms with Crippen LogP contribution in [0, 0.1) is 0 Å². The minimum atomic E-state index is -0.485. The van der Waals surface area contributed by atoms with E-state index in [0.29, 0.717) is 0 Å². The number of rotatable bonds is 5. The number of aliphatic hydroxyl groups excluding tert-OH is 1. The van der Waals surface area contributed by atoms with E-state index in [2.05, 4.69) is 24.1 Å². The highest BCUT2D eigenvalue weighted by Crippen LogP contribution is 2.22. The number of fused-ring (bicyclic) bond motifs is 1. The molecule has 98 valence electrons. The molecule has 2 unspecified atom stereocenters. The predicted octanol–water partition coefficient (Wildman–Crippen LogP) is 1.99. The Morgan fingerprint density at radius 3 is 2.83 bits per heavy atom. The molecule has 0 saturated carbocycles. The molecule has 0 saturated heterocycles. The third-order valence-electron chi connectivity index (χ3n) is 3.38. The van der Waals surface area contributed by atoms with Gasteiger partial charge in [-0.2, -0.15) is 0 Å². The van der Waals surface area contributed by atoms with Crippen molar-refractivity contribution in [2.45, 2.75) is 32.4 Å². The van der Waals surface area contributed by atoms with Crippen LogP contribution < -0.4 is 5.32 Å². The van der Waals surface area contributed by atoms with Crippen molar-refractivity contribution in [3.05, 3.63) is 30.1 Å². The summed E-state index contributed by atoms with van der Waals surface area (Å²) in [6.45, 7) is 4.99. The fourth-order valence-electron chi connectivity index (χ4n) is 2.31. The van der Waals surface area contributed by atoms with E-state index in [0.717, 1.165) is 29.6 Å². The number of likely N-dealkylation sites (N-methyl/N-ethyl adjacent to an activating group) is 1. The molecule has 2 aromatic rings. The Morgan fingerprint density at radius 2 is 2.17 bits per heavy atom. The Morgan fingerprint density at radius 1 is 1.39 bits per heavy atom. The van der Waals surface area contributed by atoms with Crippen LogP contribution in [0.25, 0.3) is 11.0 Å². The predicted molar refractivity (Wildman–Crippen MR) is 73.4 cm³/mol. The zero-order valence-electron chi connectivity index (χ0n) is 11.2. The van der Waals surface area contributed by atoms with Crippen molar-refractivity contribution < 1.29 is 5.11 Å². The summed E-state index contributed by atoms with van der Waals surface area (Å²) in [4.78, 5) is 4.32. The van der Waals surface area contributed by atoms with Crippen LogP contribution in [-0.4, -0.2) is 27.2 Å². The van der Waals surface area contributed by atoms with Crippen LogP contribution in [0.3, 0.4) is 0 Å². The lowest BCUT2D eigenvalue weighted by Gasteiger charge is -2.22. The molecule has 0 bridgehead atoms. The number of benzene rings is 1. The van der Waals surface area contributed by atoms with E-state index >= 15 is 0 Å². The van der Waals surface area contributed by atoms with Crippen LogP contribution in [0.2, 0.25) is 0 Å². The number of hydrogen-bond acceptors (Lipinski definition) is 3. The Hall–Kier alpha value is -1.39. The van der Waals surface area contributed by atoms with Gasteiger partial charge in [-0.05, 0) is 30.7 Å². The smallest absolute Gasteiger partial charge is 0.0955 e. The van der Waals surface area contributed by atoms with Crippen LogP contribution in [0.15, 0.2) is 24.5 Å². The van der Waals surface area contributed by atoms with Gasteiger partial charge in [0.1, 0.15) is 0 Å². The van der Waals surface area contributed by atoms with Gasteiger partial charge < -0.3 is 15.0 Å². The fourth-order valence-corrected chi connectivity index (χ4v) is 2.31. The van der Waals surface area contributed by atoms with E-state index < -0.39 is 6.10 Å². The van der Waals surface area contributed by atoms with Crippen LogP contribution in [0.1, 0.15) is 31.9 Å². The van der Waals surface area contributed by atoms with Crippen LogP contribution in [-0.2, 0) is 7.05 Å². The third-order valence-corrected chi connectivity index (χ3v) is 3.38. The summed E-state index contributed by atoms with van der Waals surface area (Å²) in [5.74, 6) is 0. The van der Waals surface area contributed by atoms with E-state index in [-0.39, 0.29) is 6.04 Å². The molecule has 2 atom stereocenters. The molecule has 4 nitrogen and oxygen atoms in total. The van der Waals surface area contributed by atoms with E-state index in [4.69, 9.17) is 0 Å². The van der Waals surface area contributed by atoms with Crippen molar-refractivity contribution in [3.63, 3.8) is 0 Å². The quantitative estimate of drug-likeness (QED) is 0.849. The Balaban J connectivity index is 2.29. The monoisotopic (exact) mass is 247 g/mol. The van der Waals surface area contributed by atoms with Gasteiger partial charge in [0, 0.05) is 13.1 Å². The second kappa shape index (κ2) is 5.50. The van der Waals surface area contributed by atoms with Crippen molar-refractivity contribution in [1.29, 1.82) is 0 Å². The van der Waals surface area contributed by atoms with Crippen molar-refractivity contribution >= 4 is 11.0 Å². The second-order valence-electron chi connectivity index (χ2n) is 4.62. The average Bonchev–Trinajstić information content (AvgIpc) is 2.76. The van der Waals surface area contributed by atoms with Crippen LogP contribution >= 0.6 is 0 Å². The van der Waals surface area contributed by atoms with Gasteiger partial charge in [-0.15, -0.1) is 0 Å². The van der Waals surface area contributed by atoms with E-state index in [1.54, 1.807) is 6.33 Å². The van der Waals surface area contributed by atoms with Crippen molar-refractivity contribution in [1.82, 2.24) is 14.9 Å². The maximum atomic E-state index is 10.4. The van der Waals surface area contributed by atoms with Gasteiger partial charge >= 0.3 is 0 Å². The van der Waals surface area contributed by atoms with Crippen LogP contribution in [0.4, 0.5) is 0 Å². The van der Waals surface area contributed by atoms with Gasteiger partial charge in [0.05, 0.1) is 23.5 Å². The summed E-state index contributed by atoms with van der Waals surface area (Å²) < 4.78 is 1.98. The molecule has 1 heterocycles. The zero-order chi connectivity index (χ0) is 13.1. The molecule has 18 heavy (non-hydrogen) atoms. The van der Waals surface area contributed by atoms with Gasteiger partial charge in [-0.3, -0.25) is 0 Å². The van der Waals surface area contributed by atoms with Gasteiger partial charge in [-0.25, -0.2) is 4.98 Å². The lowest BCUT2D eigenvalue weighted by molar-refractivity contribution is 0.127. The summed E-state index contributed by atoms with van der Waals surface area (Å²) in [5, 5.41) is 13.7. The standard InChI is InChI=1S/C14H21N3O/c1-4-11(15-5-2)14(18)10-6-7-13-12(8-10)16-9-17(13)3/h6-9,11,14-15,18H,4-5H2,1-3H3. The van der Waals surface area contributed by atoms with Crippen LogP contribution in [0.5, 0.6) is 0 Å². The largest absolute Gasteiger partial charge is 0.387 e. The lowest BCUT2D eigenvalue weighted by atomic mass is 10.00. The van der Waals surface area contributed by atoms with E-state index in [9.17, 15) is 5.11 Å². The van der Waals surface area contributed by atoms with Gasteiger partial charge in [-0.1, -0.05) is 19.9 Å². The third kappa shape index (κ3) is 2.40. The van der Waals surface area contributed by atoms with Gasteiger partial charge in [0.15, 0.2) is 0 Å². The SMILES string of the molecule is CCNC(CC)C(O)c1ccc2c(c1)ncn2C. The first kappa shape index (κ1) is 13.1. The number of aliphatic hydroxyl groups is 1. The summed E-state index contributed by atoms with van der Waals surface area (Å²) in [6, 6.07) is 6.06. The van der Waals surface area contributed by atoms with Crippen molar-refractivity contribution in [3.8, 4) is 0 Å². The average molecular weight is 247 g/mol. The molecule has 0 fully saturated rings. The molecule has 1 aromatic carbocycles. The maximum absolute atomic E-state index is 10.4. The zero-order valence-corrected chi connectivity index (χ0v) is 11.2. The Bertz CT molecular complexity index is 521. The second-order valence-corrected chi connectivity index (χ2v) is 4.62. The van der Waals surface area contributed by atoms with Crippen molar-refractivity contribution in [2.75, 3.05) is 6.54 Å². The molecular formula is C14H21N3O. The molecule has 0 radical (unpaired) electrons. The fraction of sp³-hybridized carbons (Fsp3) is 0.500. The molecule has 2 N–H and O–H groups in total. The summed E-state index contributed by atoms with van der Waals surface area (Å²) in [7, 11) is 1.97. The highest BCUT2D eigenvalue weighted by atomic mass is 16.3. The summed E-state index contributed by atoms with van der Waals surface area (Å²) in [5.41, 5.74) is 2.94. The highest BCUT2D eigenvalue weighted by molar-refractivity contribution is 5.76. The molecule has 2 rings (SSSR count). The molecule has 4 heteroatoms. The topological polar surface area (TPSA) is 50.1 Å². The lowest BCUT2D eigenvalue weighted by Crippen LogP contribution is -2.34. The maximum Gasteiger partial charge on any atom is 0.0955 e. The van der Waals surface area contributed by atoms with Gasteiger partial charge in [0.25, 0.3) is 0 Å². The number of nitrogens with zero attached hydrogens (tertiary/aromatic N) is 2. The molecule has 0 spiro atoms. The molecular weight excluding hydrogens is 226 g/mol. The minimum absolute atomic E-state index is 0.0937. The molecule has 0 aliphatic rings. The summed E-state index contributed by atoms with van der Waals surface area (Å²) >= 11 is 0. The highest BCUT2D eigenvalue weighted by Gasteiger charge is 2.18.